The van der Waals surface area contributed by atoms with Gasteiger partial charge in [0.1, 0.15) is 17.0 Å². The van der Waals surface area contributed by atoms with Gasteiger partial charge in [-0.1, -0.05) is 19.9 Å². The molecule has 2 bridgehead atoms. The van der Waals surface area contributed by atoms with Crippen molar-refractivity contribution >= 4 is 17.5 Å². The molecule has 1 aliphatic heterocycles. The molecule has 4 fully saturated rings. The monoisotopic (exact) mass is 423 g/mol. The lowest BCUT2D eigenvalue weighted by molar-refractivity contribution is -0.103. The van der Waals surface area contributed by atoms with Gasteiger partial charge in [0.15, 0.2) is 0 Å². The SMILES string of the molecule is CC1(C)[C@H]2CC[C@@H](CNC(=O)c3cccc4nc(C(=O)N5CCCC(N)C5)cn34)[C@H]1C2. The first-order chi connectivity index (χ1) is 14.8. The molecule has 2 aromatic rings. The molecule has 4 aliphatic rings. The van der Waals surface area contributed by atoms with Gasteiger partial charge in [0.05, 0.1) is 0 Å². The molecular formula is C24H33N5O2. The Morgan fingerprint density at radius 1 is 1.26 bits per heavy atom. The van der Waals surface area contributed by atoms with Crippen LogP contribution in [0.1, 0.15) is 66.9 Å². The van der Waals surface area contributed by atoms with Gasteiger partial charge in [-0.15, -0.1) is 0 Å². The third kappa shape index (κ3) is 3.53. The van der Waals surface area contributed by atoms with Crippen molar-refractivity contribution in [3.63, 3.8) is 0 Å². The van der Waals surface area contributed by atoms with E-state index in [1.807, 2.05) is 12.1 Å². The number of aromatic nitrogens is 2. The quantitative estimate of drug-likeness (QED) is 0.791. The van der Waals surface area contributed by atoms with Crippen LogP contribution < -0.4 is 11.1 Å². The number of pyridine rings is 1. The number of imidazole rings is 1. The second-order valence-electron chi connectivity index (χ2n) is 10.3. The Labute approximate surface area is 183 Å². The van der Waals surface area contributed by atoms with Crippen LogP contribution >= 0.6 is 0 Å². The van der Waals surface area contributed by atoms with Gasteiger partial charge in [-0.25, -0.2) is 4.98 Å². The van der Waals surface area contributed by atoms with Crippen LogP contribution in [-0.4, -0.2) is 51.8 Å². The van der Waals surface area contributed by atoms with Crippen molar-refractivity contribution in [1.29, 1.82) is 0 Å². The Hall–Kier alpha value is -2.41. The summed E-state index contributed by atoms with van der Waals surface area (Å²) in [5, 5.41) is 3.16. The van der Waals surface area contributed by atoms with Gasteiger partial charge in [-0.05, 0) is 67.4 Å². The molecule has 7 heteroatoms. The van der Waals surface area contributed by atoms with Crippen molar-refractivity contribution in [1.82, 2.24) is 19.6 Å². The molecule has 0 radical (unpaired) electrons. The van der Waals surface area contributed by atoms with Crippen molar-refractivity contribution in [2.24, 2.45) is 28.9 Å². The summed E-state index contributed by atoms with van der Waals surface area (Å²) < 4.78 is 1.73. The van der Waals surface area contributed by atoms with Crippen LogP contribution in [0.15, 0.2) is 24.4 Å². The van der Waals surface area contributed by atoms with Crippen molar-refractivity contribution in [3.8, 4) is 0 Å². The lowest BCUT2D eigenvalue weighted by Gasteiger charge is -2.60. The van der Waals surface area contributed by atoms with Gasteiger partial charge in [0.2, 0.25) is 0 Å². The maximum absolute atomic E-state index is 13.0. The summed E-state index contributed by atoms with van der Waals surface area (Å²) in [6.07, 6.45) is 7.31. The Bertz CT molecular complexity index is 1010. The van der Waals surface area contributed by atoms with E-state index in [2.05, 4.69) is 24.1 Å². The van der Waals surface area contributed by atoms with Crippen LogP contribution in [0, 0.1) is 23.2 Å². The molecule has 1 unspecified atom stereocenters. The second-order valence-corrected chi connectivity index (χ2v) is 10.3. The van der Waals surface area contributed by atoms with Crippen LogP contribution in [0.25, 0.3) is 5.65 Å². The Morgan fingerprint density at radius 3 is 2.84 bits per heavy atom. The average Bonchev–Trinajstić information content (AvgIpc) is 3.21. The summed E-state index contributed by atoms with van der Waals surface area (Å²) in [5.41, 5.74) is 7.93. The maximum atomic E-state index is 13.0. The van der Waals surface area contributed by atoms with E-state index in [0.717, 1.165) is 18.8 Å². The third-order valence-corrected chi connectivity index (χ3v) is 8.22. The molecule has 2 aromatic heterocycles. The molecule has 3 aliphatic carbocycles. The maximum Gasteiger partial charge on any atom is 0.274 e. The summed E-state index contributed by atoms with van der Waals surface area (Å²) in [6, 6.07) is 5.46. The number of piperidine rings is 1. The first kappa shape index (κ1) is 20.5. The highest BCUT2D eigenvalue weighted by Gasteiger charge is 2.53. The molecule has 4 atom stereocenters. The summed E-state index contributed by atoms with van der Waals surface area (Å²) in [4.78, 5) is 32.2. The van der Waals surface area contributed by atoms with E-state index in [4.69, 9.17) is 5.73 Å². The molecule has 0 spiro atoms. The van der Waals surface area contributed by atoms with Crippen molar-refractivity contribution in [2.45, 2.75) is 52.0 Å². The zero-order valence-electron chi connectivity index (χ0n) is 18.5. The number of hydrogen-bond acceptors (Lipinski definition) is 4. The molecular weight excluding hydrogens is 390 g/mol. The van der Waals surface area contributed by atoms with Crippen molar-refractivity contribution in [2.75, 3.05) is 19.6 Å². The Balaban J connectivity index is 1.30. The fraction of sp³-hybridized carbons (Fsp3) is 0.625. The number of fused-ring (bicyclic) bond motifs is 3. The van der Waals surface area contributed by atoms with Gasteiger partial charge >= 0.3 is 0 Å². The fourth-order valence-electron chi connectivity index (χ4n) is 6.18. The van der Waals surface area contributed by atoms with Crippen LogP contribution in [-0.2, 0) is 0 Å². The van der Waals surface area contributed by atoms with E-state index < -0.39 is 0 Å². The van der Waals surface area contributed by atoms with Crippen LogP contribution in [0.3, 0.4) is 0 Å². The topological polar surface area (TPSA) is 92.7 Å². The lowest BCUT2D eigenvalue weighted by Crippen LogP contribution is -2.54. The largest absolute Gasteiger partial charge is 0.350 e. The molecule has 1 saturated heterocycles. The zero-order chi connectivity index (χ0) is 21.8. The smallest absolute Gasteiger partial charge is 0.274 e. The molecule has 31 heavy (non-hydrogen) atoms. The van der Waals surface area contributed by atoms with Crippen LogP contribution in [0.4, 0.5) is 0 Å². The van der Waals surface area contributed by atoms with Gasteiger partial charge < -0.3 is 16.0 Å². The summed E-state index contributed by atoms with van der Waals surface area (Å²) in [5.74, 6) is 1.88. The number of amides is 2. The van der Waals surface area contributed by atoms with Gasteiger partial charge in [-0.3, -0.25) is 14.0 Å². The van der Waals surface area contributed by atoms with E-state index in [1.165, 1.54) is 19.3 Å². The summed E-state index contributed by atoms with van der Waals surface area (Å²) in [6.45, 7) is 6.72. The van der Waals surface area contributed by atoms with Crippen LogP contribution in [0.5, 0.6) is 0 Å². The number of rotatable bonds is 4. The Morgan fingerprint density at radius 2 is 2.10 bits per heavy atom. The number of carbonyl (C=O) groups is 2. The predicted molar refractivity (Wildman–Crippen MR) is 119 cm³/mol. The third-order valence-electron chi connectivity index (χ3n) is 8.22. The standard InChI is InChI=1S/C24H33N5O2/c1-24(2)16-9-8-15(18(24)11-16)12-26-22(30)20-6-3-7-21-27-19(14-29(20)21)23(31)28-10-4-5-17(25)13-28/h3,6-7,14-18H,4-5,8-13,25H2,1-2H3,(H,26,30)/t15-,16-,17?,18+/m0/s1. The normalized spacial score (nSPS) is 29.5. The number of carbonyl (C=O) groups excluding carboxylic acids is 2. The molecule has 166 valence electrons. The second kappa shape index (κ2) is 7.62. The highest BCUT2D eigenvalue weighted by Crippen LogP contribution is 2.61. The molecule has 3 N–H and O–H groups in total. The highest BCUT2D eigenvalue weighted by molar-refractivity contribution is 5.95. The molecule has 0 aromatic carbocycles. The lowest BCUT2D eigenvalue weighted by atomic mass is 9.45. The zero-order valence-corrected chi connectivity index (χ0v) is 18.5. The van der Waals surface area contributed by atoms with E-state index in [9.17, 15) is 9.59 Å². The predicted octanol–water partition coefficient (Wildman–Crippen LogP) is 2.70. The minimum absolute atomic E-state index is 0.0202. The van der Waals surface area contributed by atoms with Crippen LogP contribution in [0.2, 0.25) is 0 Å². The van der Waals surface area contributed by atoms with Gasteiger partial charge in [0.25, 0.3) is 11.8 Å². The van der Waals surface area contributed by atoms with Crippen molar-refractivity contribution < 1.29 is 9.59 Å². The van der Waals surface area contributed by atoms with Gasteiger partial charge in [-0.2, -0.15) is 0 Å². The molecule has 3 saturated carbocycles. The van der Waals surface area contributed by atoms with E-state index >= 15 is 0 Å². The van der Waals surface area contributed by atoms with Crippen molar-refractivity contribution in [3.05, 3.63) is 35.8 Å². The number of nitrogens with two attached hydrogens (primary N) is 1. The number of nitrogens with zero attached hydrogens (tertiary/aromatic N) is 3. The number of nitrogens with one attached hydrogen (secondary N) is 1. The minimum Gasteiger partial charge on any atom is -0.350 e. The molecule has 2 amide bonds. The van der Waals surface area contributed by atoms with E-state index in [-0.39, 0.29) is 17.9 Å². The molecule has 3 heterocycles. The number of hydrogen-bond donors (Lipinski definition) is 2. The Kier molecular flexibility index (Phi) is 5.04. The fourth-order valence-corrected chi connectivity index (χ4v) is 6.18. The molecule has 6 rings (SSSR count). The number of likely N-dealkylation sites (tertiary alicyclic amines) is 1. The summed E-state index contributed by atoms with van der Waals surface area (Å²) in [7, 11) is 0. The highest BCUT2D eigenvalue weighted by atomic mass is 16.2. The van der Waals surface area contributed by atoms with E-state index in [1.54, 1.807) is 21.6 Å². The minimum atomic E-state index is -0.116. The average molecular weight is 424 g/mol. The summed E-state index contributed by atoms with van der Waals surface area (Å²) >= 11 is 0. The molecule has 7 nitrogen and oxygen atoms in total. The van der Waals surface area contributed by atoms with E-state index in [0.29, 0.717) is 53.9 Å². The first-order valence-corrected chi connectivity index (χ1v) is 11.7. The van der Waals surface area contributed by atoms with Gasteiger partial charge in [0, 0.05) is 31.9 Å². The first-order valence-electron chi connectivity index (χ1n) is 11.7.